The number of nitrogens with zero attached hydrogens (tertiary/aromatic N) is 7. The van der Waals surface area contributed by atoms with Crippen LogP contribution in [0.5, 0.6) is 0 Å². The van der Waals surface area contributed by atoms with Crippen LogP contribution in [-0.4, -0.2) is 34.8 Å². The van der Waals surface area contributed by atoms with Crippen molar-refractivity contribution in [3.8, 4) is 0 Å². The van der Waals surface area contributed by atoms with Crippen LogP contribution >= 0.6 is 0 Å². The van der Waals surface area contributed by atoms with Crippen LogP contribution in [0.25, 0.3) is 5.65 Å². The topological polar surface area (TPSA) is 99.8 Å². The zero-order chi connectivity index (χ0) is 11.7. The highest BCUT2D eigenvalue weighted by atomic mass is 15.4. The van der Waals surface area contributed by atoms with Crippen molar-refractivity contribution in [1.29, 1.82) is 0 Å². The molecule has 3 heterocycles. The van der Waals surface area contributed by atoms with Gasteiger partial charge in [-0.2, -0.15) is 9.61 Å². The molecule has 8 nitrogen and oxygen atoms in total. The van der Waals surface area contributed by atoms with Gasteiger partial charge in [0.2, 0.25) is 0 Å². The highest BCUT2D eigenvalue weighted by molar-refractivity contribution is 5.34. The quantitative estimate of drug-likeness (QED) is 0.633. The molecule has 0 unspecified atom stereocenters. The van der Waals surface area contributed by atoms with Gasteiger partial charge >= 0.3 is 0 Å². The Kier molecular flexibility index (Phi) is 2.26. The third-order valence-corrected chi connectivity index (χ3v) is 2.34. The fourth-order valence-electron chi connectivity index (χ4n) is 1.54. The fourth-order valence-corrected chi connectivity index (χ4v) is 1.54. The van der Waals surface area contributed by atoms with E-state index in [1.165, 1.54) is 0 Å². The first-order valence-corrected chi connectivity index (χ1v) is 5.11. The van der Waals surface area contributed by atoms with Crippen LogP contribution in [0.15, 0.2) is 24.5 Å². The molecule has 0 aliphatic heterocycles. The number of hydrogen-bond acceptors (Lipinski definition) is 6. The van der Waals surface area contributed by atoms with Gasteiger partial charge in [-0.25, -0.2) is 4.68 Å². The molecule has 0 aliphatic rings. The van der Waals surface area contributed by atoms with E-state index in [1.54, 1.807) is 21.6 Å². The van der Waals surface area contributed by atoms with E-state index in [9.17, 15) is 0 Å². The molecule has 3 aromatic rings. The second kappa shape index (κ2) is 3.91. The molecule has 0 radical (unpaired) electrons. The van der Waals surface area contributed by atoms with Gasteiger partial charge < -0.3 is 5.73 Å². The van der Waals surface area contributed by atoms with Crippen LogP contribution < -0.4 is 5.73 Å². The number of aromatic nitrogens is 7. The number of rotatable bonds is 3. The number of fused-ring (bicyclic) bond motifs is 1. The molecule has 86 valence electrons. The molecule has 3 rings (SSSR count). The van der Waals surface area contributed by atoms with Gasteiger partial charge in [0, 0.05) is 12.7 Å². The van der Waals surface area contributed by atoms with Crippen molar-refractivity contribution in [2.45, 2.75) is 13.1 Å². The minimum atomic E-state index is 0.374. The molecule has 0 bridgehead atoms. The second-order valence-corrected chi connectivity index (χ2v) is 3.52. The predicted molar refractivity (Wildman–Crippen MR) is 57.8 cm³/mol. The lowest BCUT2D eigenvalue weighted by atomic mass is 10.5. The average Bonchev–Trinajstić information content (AvgIpc) is 2.97. The monoisotopic (exact) mass is 230 g/mol. The maximum Gasteiger partial charge on any atom is 0.177 e. The van der Waals surface area contributed by atoms with Crippen molar-refractivity contribution < 1.29 is 0 Å². The highest BCUT2D eigenvalue weighted by Gasteiger charge is 2.07. The largest absolute Gasteiger partial charge is 0.325 e. The maximum absolute atomic E-state index is 5.47. The van der Waals surface area contributed by atoms with Crippen molar-refractivity contribution in [1.82, 2.24) is 34.8 Å². The third kappa shape index (κ3) is 1.74. The lowest BCUT2D eigenvalue weighted by Gasteiger charge is -1.97. The van der Waals surface area contributed by atoms with Crippen LogP contribution in [0.2, 0.25) is 0 Å². The van der Waals surface area contributed by atoms with Crippen molar-refractivity contribution >= 4 is 5.65 Å². The van der Waals surface area contributed by atoms with Gasteiger partial charge in [-0.15, -0.1) is 15.3 Å². The summed E-state index contributed by atoms with van der Waals surface area (Å²) in [6.07, 6.45) is 3.47. The molecule has 8 heteroatoms. The minimum Gasteiger partial charge on any atom is -0.325 e. The smallest absolute Gasteiger partial charge is 0.177 e. The van der Waals surface area contributed by atoms with Crippen LogP contribution in [0, 0.1) is 0 Å². The van der Waals surface area contributed by atoms with Crippen LogP contribution in [0.4, 0.5) is 0 Å². The summed E-state index contributed by atoms with van der Waals surface area (Å²) in [7, 11) is 0. The summed E-state index contributed by atoms with van der Waals surface area (Å²) in [5.74, 6) is 0.703. The summed E-state index contributed by atoms with van der Waals surface area (Å²) in [6, 6.07) is 3.66. The van der Waals surface area contributed by atoms with Gasteiger partial charge in [-0.3, -0.25) is 0 Å². The molecule has 0 fully saturated rings. The minimum absolute atomic E-state index is 0.374. The molecule has 0 atom stereocenters. The van der Waals surface area contributed by atoms with E-state index in [-0.39, 0.29) is 0 Å². The summed E-state index contributed by atoms with van der Waals surface area (Å²) >= 11 is 0. The van der Waals surface area contributed by atoms with Gasteiger partial charge in [-0.1, -0.05) is 5.21 Å². The van der Waals surface area contributed by atoms with E-state index in [0.29, 0.717) is 24.6 Å². The summed E-state index contributed by atoms with van der Waals surface area (Å²) < 4.78 is 3.33. The summed E-state index contributed by atoms with van der Waals surface area (Å²) in [6.45, 7) is 0.837. The van der Waals surface area contributed by atoms with Crippen molar-refractivity contribution in [3.63, 3.8) is 0 Å². The zero-order valence-electron chi connectivity index (χ0n) is 8.93. The first-order chi connectivity index (χ1) is 8.36. The first kappa shape index (κ1) is 9.85. The lowest BCUT2D eigenvalue weighted by Crippen LogP contribution is -2.06. The average molecular weight is 230 g/mol. The van der Waals surface area contributed by atoms with Gasteiger partial charge in [-0.05, 0) is 12.1 Å². The molecule has 0 aromatic carbocycles. The molecule has 17 heavy (non-hydrogen) atoms. The standard InChI is InChI=1S/C9H10N8/c10-4-7-5-16(15-12-7)6-9-14-13-8-2-1-3-11-17(8)9/h1-3,5H,4,6,10H2. The Bertz CT molecular complexity index is 639. The number of hydrogen-bond donors (Lipinski definition) is 1. The predicted octanol–water partition coefficient (Wildman–Crippen LogP) is -0.777. The number of nitrogens with two attached hydrogens (primary N) is 1. The van der Waals surface area contributed by atoms with E-state index in [2.05, 4.69) is 25.6 Å². The van der Waals surface area contributed by atoms with Gasteiger partial charge in [0.1, 0.15) is 6.54 Å². The normalized spacial score (nSPS) is 11.1. The molecule has 0 amide bonds. The van der Waals surface area contributed by atoms with Crippen LogP contribution in [-0.2, 0) is 13.1 Å². The van der Waals surface area contributed by atoms with Crippen molar-refractivity contribution in [2.24, 2.45) is 5.73 Å². The molecule has 3 aromatic heterocycles. The van der Waals surface area contributed by atoms with Crippen molar-refractivity contribution in [2.75, 3.05) is 0 Å². The molecule has 0 saturated heterocycles. The van der Waals surface area contributed by atoms with E-state index in [1.807, 2.05) is 12.1 Å². The molecule has 2 N–H and O–H groups in total. The van der Waals surface area contributed by atoms with E-state index >= 15 is 0 Å². The fraction of sp³-hybridized carbons (Fsp3) is 0.222. The summed E-state index contributed by atoms with van der Waals surface area (Å²) in [5.41, 5.74) is 6.92. The lowest BCUT2D eigenvalue weighted by molar-refractivity contribution is 0.610. The van der Waals surface area contributed by atoms with Gasteiger partial charge in [0.05, 0.1) is 11.9 Å². The Morgan fingerprint density at radius 2 is 2.18 bits per heavy atom. The van der Waals surface area contributed by atoms with Gasteiger partial charge in [0.15, 0.2) is 11.5 Å². The Balaban J connectivity index is 1.94. The third-order valence-electron chi connectivity index (χ3n) is 2.34. The van der Waals surface area contributed by atoms with Crippen LogP contribution in [0.1, 0.15) is 11.5 Å². The molecular formula is C9H10N8. The van der Waals surface area contributed by atoms with E-state index in [0.717, 1.165) is 5.69 Å². The van der Waals surface area contributed by atoms with Crippen molar-refractivity contribution in [3.05, 3.63) is 36.0 Å². The molecule has 0 spiro atoms. The Morgan fingerprint density at radius 3 is 3.00 bits per heavy atom. The van der Waals surface area contributed by atoms with Crippen LogP contribution in [0.3, 0.4) is 0 Å². The van der Waals surface area contributed by atoms with E-state index < -0.39 is 0 Å². The Labute approximate surface area is 96.1 Å². The Hall–Kier alpha value is -2.35. The summed E-state index contributed by atoms with van der Waals surface area (Å²) in [5, 5.41) is 20.1. The van der Waals surface area contributed by atoms with Gasteiger partial charge in [0.25, 0.3) is 0 Å². The molecular weight excluding hydrogens is 220 g/mol. The first-order valence-electron chi connectivity index (χ1n) is 5.11. The second-order valence-electron chi connectivity index (χ2n) is 3.52. The molecule has 0 aliphatic carbocycles. The summed E-state index contributed by atoms with van der Waals surface area (Å²) in [4.78, 5) is 0. The maximum atomic E-state index is 5.47. The Morgan fingerprint density at radius 1 is 1.24 bits per heavy atom. The SMILES string of the molecule is NCc1cn(Cc2nnc3cccnn23)nn1. The molecule has 0 saturated carbocycles. The highest BCUT2D eigenvalue weighted by Crippen LogP contribution is 2.02. The van der Waals surface area contributed by atoms with E-state index in [4.69, 9.17) is 5.73 Å². The zero-order valence-corrected chi connectivity index (χ0v) is 8.93.